The van der Waals surface area contributed by atoms with E-state index in [-0.39, 0.29) is 11.5 Å². The molecule has 1 fully saturated rings. The minimum absolute atomic E-state index is 0.149. The first kappa shape index (κ1) is 16.5. The SMILES string of the molecule is CCCC(/C=C/c1ccc(C(=O)O)cc1)=C1\SC(=S)NC1=O. The number of thioether (sulfide) groups is 1. The first-order chi connectivity index (χ1) is 10.5. The van der Waals surface area contributed by atoms with Crippen LogP contribution in [0.1, 0.15) is 35.7 Å². The van der Waals surface area contributed by atoms with Crippen LogP contribution < -0.4 is 5.32 Å². The zero-order chi connectivity index (χ0) is 16.1. The van der Waals surface area contributed by atoms with Crippen LogP contribution in [0, 0.1) is 0 Å². The summed E-state index contributed by atoms with van der Waals surface area (Å²) in [6.45, 7) is 2.05. The molecule has 22 heavy (non-hydrogen) atoms. The highest BCUT2D eigenvalue weighted by Crippen LogP contribution is 2.30. The lowest BCUT2D eigenvalue weighted by molar-refractivity contribution is -0.115. The van der Waals surface area contributed by atoms with Crippen molar-refractivity contribution in [1.82, 2.24) is 5.32 Å². The lowest BCUT2D eigenvalue weighted by Gasteiger charge is -2.03. The van der Waals surface area contributed by atoms with Gasteiger partial charge in [0.15, 0.2) is 0 Å². The zero-order valence-corrected chi connectivity index (χ0v) is 13.6. The van der Waals surface area contributed by atoms with Crippen LogP contribution in [0.15, 0.2) is 40.8 Å². The summed E-state index contributed by atoms with van der Waals surface area (Å²) in [5, 5.41) is 11.5. The molecule has 1 saturated heterocycles. The van der Waals surface area contributed by atoms with Crippen LogP contribution in [0.2, 0.25) is 0 Å². The first-order valence-corrected chi connectivity index (χ1v) is 8.01. The molecule has 2 rings (SSSR count). The van der Waals surface area contributed by atoms with E-state index in [1.54, 1.807) is 24.3 Å². The van der Waals surface area contributed by atoms with E-state index >= 15 is 0 Å². The number of amides is 1. The van der Waals surface area contributed by atoms with Gasteiger partial charge in [0.05, 0.1) is 10.5 Å². The Hall–Kier alpha value is -1.92. The largest absolute Gasteiger partial charge is 0.478 e. The number of carboxylic acid groups (broad SMARTS) is 1. The summed E-state index contributed by atoms with van der Waals surface area (Å²) in [5.41, 5.74) is 2.07. The van der Waals surface area contributed by atoms with E-state index in [0.29, 0.717) is 9.23 Å². The Morgan fingerprint density at radius 1 is 1.36 bits per heavy atom. The van der Waals surface area contributed by atoms with E-state index < -0.39 is 5.97 Å². The maximum atomic E-state index is 11.9. The molecule has 1 amide bonds. The molecule has 0 saturated carbocycles. The van der Waals surface area contributed by atoms with Crippen LogP contribution in [-0.2, 0) is 4.79 Å². The molecular weight excluding hydrogens is 318 g/mol. The first-order valence-electron chi connectivity index (χ1n) is 6.79. The highest BCUT2D eigenvalue weighted by Gasteiger charge is 2.24. The lowest BCUT2D eigenvalue weighted by Crippen LogP contribution is -2.18. The van der Waals surface area contributed by atoms with Gasteiger partial charge in [0.1, 0.15) is 4.32 Å². The van der Waals surface area contributed by atoms with Gasteiger partial charge in [-0.1, -0.05) is 61.6 Å². The van der Waals surface area contributed by atoms with Crippen molar-refractivity contribution in [3.8, 4) is 0 Å². The number of benzene rings is 1. The minimum atomic E-state index is -0.947. The van der Waals surface area contributed by atoms with Crippen molar-refractivity contribution < 1.29 is 14.7 Å². The highest BCUT2D eigenvalue weighted by atomic mass is 32.2. The van der Waals surface area contributed by atoms with Gasteiger partial charge >= 0.3 is 5.97 Å². The number of carbonyl (C=O) groups excluding carboxylic acids is 1. The Morgan fingerprint density at radius 2 is 2.05 bits per heavy atom. The summed E-state index contributed by atoms with van der Waals surface area (Å²) in [6, 6.07) is 6.59. The Labute approximate surface area is 138 Å². The molecule has 0 aromatic heterocycles. The van der Waals surface area contributed by atoms with Crippen molar-refractivity contribution >= 4 is 46.3 Å². The molecule has 114 valence electrons. The quantitative estimate of drug-likeness (QED) is 0.636. The summed E-state index contributed by atoms with van der Waals surface area (Å²) in [7, 11) is 0. The molecule has 0 radical (unpaired) electrons. The molecule has 0 bridgehead atoms. The molecule has 1 heterocycles. The van der Waals surface area contributed by atoms with Crippen molar-refractivity contribution in [3.63, 3.8) is 0 Å². The highest BCUT2D eigenvalue weighted by molar-refractivity contribution is 8.26. The third kappa shape index (κ3) is 4.05. The molecule has 2 N–H and O–H groups in total. The predicted octanol–water partition coefficient (Wildman–Crippen LogP) is 3.60. The number of hydrogen-bond acceptors (Lipinski definition) is 4. The number of carboxylic acids is 1. The average Bonchev–Trinajstić information content (AvgIpc) is 2.82. The van der Waals surface area contributed by atoms with E-state index in [2.05, 4.69) is 5.32 Å². The number of rotatable bonds is 5. The topological polar surface area (TPSA) is 66.4 Å². The second kappa shape index (κ2) is 7.38. The van der Waals surface area contributed by atoms with Crippen molar-refractivity contribution in [2.75, 3.05) is 0 Å². The van der Waals surface area contributed by atoms with Gasteiger partial charge in [-0.05, 0) is 29.7 Å². The molecule has 1 aliphatic heterocycles. The van der Waals surface area contributed by atoms with Gasteiger partial charge in [-0.25, -0.2) is 4.79 Å². The summed E-state index contributed by atoms with van der Waals surface area (Å²) in [4.78, 5) is 23.3. The fourth-order valence-electron chi connectivity index (χ4n) is 2.00. The fraction of sp³-hybridized carbons (Fsp3) is 0.188. The molecule has 1 aromatic rings. The van der Waals surface area contributed by atoms with Gasteiger partial charge in [-0.15, -0.1) is 0 Å². The molecule has 4 nitrogen and oxygen atoms in total. The molecular formula is C16H15NO3S2. The van der Waals surface area contributed by atoms with Crippen LogP contribution in [0.5, 0.6) is 0 Å². The monoisotopic (exact) mass is 333 g/mol. The standard InChI is InChI=1S/C16H15NO3S2/c1-2-3-11(13-14(18)17-16(21)22-13)7-4-10-5-8-12(9-6-10)15(19)20/h4-9H,2-3H2,1H3,(H,19,20)(H,17,18,21)/b7-4+,13-11+. The van der Waals surface area contributed by atoms with E-state index in [9.17, 15) is 9.59 Å². The maximum absolute atomic E-state index is 11.9. The number of thiocarbonyl (C=S) groups is 1. The van der Waals surface area contributed by atoms with Crippen molar-refractivity contribution in [2.24, 2.45) is 0 Å². The summed E-state index contributed by atoms with van der Waals surface area (Å²) >= 11 is 6.29. The predicted molar refractivity (Wildman–Crippen MR) is 92.7 cm³/mol. The molecule has 0 aliphatic carbocycles. The summed E-state index contributed by atoms with van der Waals surface area (Å²) in [6.07, 6.45) is 5.47. The van der Waals surface area contributed by atoms with Gasteiger partial charge in [0.25, 0.3) is 5.91 Å². The van der Waals surface area contributed by atoms with Crippen molar-refractivity contribution in [3.05, 3.63) is 51.9 Å². The molecule has 0 unspecified atom stereocenters. The Balaban J connectivity index is 2.24. The average molecular weight is 333 g/mol. The number of nitrogens with one attached hydrogen (secondary N) is 1. The number of aromatic carboxylic acids is 1. The molecule has 1 aromatic carbocycles. The normalized spacial score (nSPS) is 17.0. The van der Waals surface area contributed by atoms with Crippen LogP contribution >= 0.6 is 24.0 Å². The second-order valence-corrected chi connectivity index (χ2v) is 6.40. The number of allylic oxidation sites excluding steroid dienone is 2. The molecule has 0 spiro atoms. The van der Waals surface area contributed by atoms with E-state index in [0.717, 1.165) is 24.0 Å². The second-order valence-electron chi connectivity index (χ2n) is 4.71. The van der Waals surface area contributed by atoms with Crippen molar-refractivity contribution in [2.45, 2.75) is 19.8 Å². The van der Waals surface area contributed by atoms with Gasteiger partial charge < -0.3 is 10.4 Å². The maximum Gasteiger partial charge on any atom is 0.335 e. The van der Waals surface area contributed by atoms with Crippen LogP contribution in [0.4, 0.5) is 0 Å². The van der Waals surface area contributed by atoms with Crippen LogP contribution in [0.3, 0.4) is 0 Å². The third-order valence-corrected chi connectivity index (χ3v) is 4.35. The summed E-state index contributed by atoms with van der Waals surface area (Å²) in [5.74, 6) is -1.10. The minimum Gasteiger partial charge on any atom is -0.478 e. The molecule has 6 heteroatoms. The Kier molecular flexibility index (Phi) is 5.51. The molecule has 0 atom stereocenters. The lowest BCUT2D eigenvalue weighted by atomic mass is 10.1. The van der Waals surface area contributed by atoms with Crippen LogP contribution in [-0.4, -0.2) is 21.3 Å². The van der Waals surface area contributed by atoms with E-state index in [4.69, 9.17) is 17.3 Å². The number of carbonyl (C=O) groups is 2. The van der Waals surface area contributed by atoms with Gasteiger partial charge in [-0.2, -0.15) is 0 Å². The third-order valence-electron chi connectivity index (χ3n) is 3.06. The molecule has 1 aliphatic rings. The van der Waals surface area contributed by atoms with Gasteiger partial charge in [0, 0.05) is 0 Å². The fourth-order valence-corrected chi connectivity index (χ4v) is 3.12. The van der Waals surface area contributed by atoms with Gasteiger partial charge in [0.2, 0.25) is 0 Å². The smallest absolute Gasteiger partial charge is 0.335 e. The van der Waals surface area contributed by atoms with E-state index in [1.807, 2.05) is 19.1 Å². The Bertz CT molecular complexity index is 675. The van der Waals surface area contributed by atoms with Gasteiger partial charge in [-0.3, -0.25) is 4.79 Å². The summed E-state index contributed by atoms with van der Waals surface area (Å²) < 4.78 is 0.479. The van der Waals surface area contributed by atoms with Crippen LogP contribution in [0.25, 0.3) is 6.08 Å². The van der Waals surface area contributed by atoms with E-state index in [1.165, 1.54) is 11.8 Å². The zero-order valence-electron chi connectivity index (χ0n) is 12.0. The van der Waals surface area contributed by atoms with Crippen molar-refractivity contribution in [1.29, 1.82) is 0 Å². The Morgan fingerprint density at radius 3 is 2.55 bits per heavy atom. The number of hydrogen-bond donors (Lipinski definition) is 2.